The van der Waals surface area contributed by atoms with Crippen LogP contribution in [-0.4, -0.2) is 24.3 Å². The molecule has 5 heteroatoms. The van der Waals surface area contributed by atoms with Gasteiger partial charge in [0.15, 0.2) is 0 Å². The van der Waals surface area contributed by atoms with Crippen LogP contribution in [0.2, 0.25) is 0 Å². The van der Waals surface area contributed by atoms with Gasteiger partial charge < -0.3 is 19.5 Å². The lowest BCUT2D eigenvalue weighted by Crippen LogP contribution is -2.29. The van der Waals surface area contributed by atoms with E-state index >= 15 is 0 Å². The fourth-order valence-corrected chi connectivity index (χ4v) is 1.72. The van der Waals surface area contributed by atoms with Crippen LogP contribution >= 0.6 is 0 Å². The summed E-state index contributed by atoms with van der Waals surface area (Å²) in [5, 5.41) is 18.2. The summed E-state index contributed by atoms with van der Waals surface area (Å²) < 4.78 is 10.8. The van der Waals surface area contributed by atoms with Crippen molar-refractivity contribution in [2.75, 3.05) is 7.11 Å². The van der Waals surface area contributed by atoms with E-state index in [1.54, 1.807) is 25.3 Å². The first kappa shape index (κ1) is 13.5. The highest BCUT2D eigenvalue weighted by Gasteiger charge is 2.12. The number of aryl methyl sites for hydroxylation is 1. The van der Waals surface area contributed by atoms with Crippen molar-refractivity contribution in [1.29, 1.82) is 0 Å². The molecule has 0 atom stereocenters. The SMILES string of the molecule is COc1ccc(Oc2ccc(B(O)O)cc2C)cc1. The van der Waals surface area contributed by atoms with Crippen LogP contribution in [0.1, 0.15) is 5.56 Å². The highest BCUT2D eigenvalue weighted by Crippen LogP contribution is 2.25. The lowest BCUT2D eigenvalue weighted by Gasteiger charge is -2.10. The molecule has 0 aromatic heterocycles. The van der Waals surface area contributed by atoms with Gasteiger partial charge in [0, 0.05) is 0 Å². The summed E-state index contributed by atoms with van der Waals surface area (Å²) in [6.45, 7) is 1.85. The molecule has 0 unspecified atom stereocenters. The van der Waals surface area contributed by atoms with Crippen LogP contribution < -0.4 is 14.9 Å². The minimum absolute atomic E-state index is 0.444. The van der Waals surface area contributed by atoms with E-state index in [4.69, 9.17) is 19.5 Å². The van der Waals surface area contributed by atoms with Crippen molar-refractivity contribution in [2.45, 2.75) is 6.92 Å². The Kier molecular flexibility index (Phi) is 4.09. The quantitative estimate of drug-likeness (QED) is 0.815. The van der Waals surface area contributed by atoms with Crippen LogP contribution in [-0.2, 0) is 0 Å². The van der Waals surface area contributed by atoms with Gasteiger partial charge in [-0.2, -0.15) is 0 Å². The molecule has 2 aromatic carbocycles. The van der Waals surface area contributed by atoms with Crippen molar-refractivity contribution in [3.05, 3.63) is 48.0 Å². The Morgan fingerprint density at radius 1 is 0.947 bits per heavy atom. The first-order valence-corrected chi connectivity index (χ1v) is 5.89. The Balaban J connectivity index is 2.18. The van der Waals surface area contributed by atoms with Crippen molar-refractivity contribution in [1.82, 2.24) is 0 Å². The number of benzene rings is 2. The summed E-state index contributed by atoms with van der Waals surface area (Å²) in [6.07, 6.45) is 0. The largest absolute Gasteiger partial charge is 0.497 e. The molecule has 0 saturated carbocycles. The summed E-state index contributed by atoms with van der Waals surface area (Å²) in [6, 6.07) is 12.3. The smallest absolute Gasteiger partial charge is 0.488 e. The number of hydrogen-bond acceptors (Lipinski definition) is 4. The molecule has 2 aromatic rings. The summed E-state index contributed by atoms with van der Waals surface area (Å²) in [7, 11) is 0.146. The molecule has 0 heterocycles. The van der Waals surface area contributed by atoms with E-state index in [1.165, 1.54) is 0 Å². The highest BCUT2D eigenvalue weighted by atomic mass is 16.5. The second-order valence-electron chi connectivity index (χ2n) is 4.18. The number of ether oxygens (including phenoxy) is 2. The molecule has 2 rings (SSSR count). The Morgan fingerprint density at radius 3 is 2.11 bits per heavy atom. The van der Waals surface area contributed by atoms with Gasteiger partial charge in [0.25, 0.3) is 0 Å². The van der Waals surface area contributed by atoms with Gasteiger partial charge in [-0.1, -0.05) is 12.1 Å². The Labute approximate surface area is 112 Å². The Morgan fingerprint density at radius 2 is 1.58 bits per heavy atom. The molecule has 98 valence electrons. The molecule has 0 radical (unpaired) electrons. The number of rotatable bonds is 4. The number of hydrogen-bond donors (Lipinski definition) is 2. The molecule has 19 heavy (non-hydrogen) atoms. The van der Waals surface area contributed by atoms with Crippen LogP contribution in [0.3, 0.4) is 0 Å². The first-order chi connectivity index (χ1) is 9.10. The zero-order valence-corrected chi connectivity index (χ0v) is 10.8. The molecule has 0 amide bonds. The maximum atomic E-state index is 9.09. The van der Waals surface area contributed by atoms with Crippen LogP contribution in [0, 0.1) is 6.92 Å². The van der Waals surface area contributed by atoms with E-state index < -0.39 is 7.12 Å². The van der Waals surface area contributed by atoms with E-state index in [2.05, 4.69) is 0 Å². The van der Waals surface area contributed by atoms with Crippen LogP contribution in [0.5, 0.6) is 17.2 Å². The zero-order chi connectivity index (χ0) is 13.8. The third-order valence-electron chi connectivity index (χ3n) is 2.78. The monoisotopic (exact) mass is 258 g/mol. The van der Waals surface area contributed by atoms with Gasteiger partial charge in [-0.25, -0.2) is 0 Å². The van der Waals surface area contributed by atoms with E-state index in [1.807, 2.05) is 31.2 Å². The van der Waals surface area contributed by atoms with Gasteiger partial charge in [-0.05, 0) is 48.3 Å². The van der Waals surface area contributed by atoms with Crippen molar-refractivity contribution < 1.29 is 19.5 Å². The topological polar surface area (TPSA) is 58.9 Å². The van der Waals surface area contributed by atoms with Gasteiger partial charge in [-0.3, -0.25) is 0 Å². The molecular formula is C14H15BO4. The molecule has 0 aliphatic rings. The van der Waals surface area contributed by atoms with Crippen LogP contribution in [0.15, 0.2) is 42.5 Å². The average Bonchev–Trinajstić information content (AvgIpc) is 2.41. The van der Waals surface area contributed by atoms with Crippen molar-refractivity contribution >= 4 is 12.6 Å². The molecule has 0 bridgehead atoms. The Hall–Kier alpha value is -1.98. The summed E-state index contributed by atoms with van der Waals surface area (Å²) in [5.74, 6) is 2.14. The molecular weight excluding hydrogens is 243 g/mol. The van der Waals surface area contributed by atoms with E-state index in [0.29, 0.717) is 17.0 Å². The normalized spacial score (nSPS) is 10.1. The minimum Gasteiger partial charge on any atom is -0.497 e. The van der Waals surface area contributed by atoms with E-state index in [-0.39, 0.29) is 0 Å². The fraction of sp³-hybridized carbons (Fsp3) is 0.143. The highest BCUT2D eigenvalue weighted by molar-refractivity contribution is 6.58. The maximum Gasteiger partial charge on any atom is 0.488 e. The molecule has 2 N–H and O–H groups in total. The predicted molar refractivity (Wildman–Crippen MR) is 74.1 cm³/mol. The van der Waals surface area contributed by atoms with E-state index in [0.717, 1.165) is 11.3 Å². The number of methoxy groups -OCH3 is 1. The van der Waals surface area contributed by atoms with Gasteiger partial charge in [-0.15, -0.1) is 0 Å². The summed E-state index contributed by atoms with van der Waals surface area (Å²) in [5.41, 5.74) is 1.28. The van der Waals surface area contributed by atoms with Crippen LogP contribution in [0.25, 0.3) is 0 Å². The molecule has 4 nitrogen and oxygen atoms in total. The molecule has 0 saturated heterocycles. The van der Waals surface area contributed by atoms with Crippen LogP contribution in [0.4, 0.5) is 0 Å². The molecule has 0 spiro atoms. The average molecular weight is 258 g/mol. The summed E-state index contributed by atoms with van der Waals surface area (Å²) in [4.78, 5) is 0. The molecule has 0 aliphatic carbocycles. The van der Waals surface area contributed by atoms with Crippen molar-refractivity contribution in [3.8, 4) is 17.2 Å². The zero-order valence-electron chi connectivity index (χ0n) is 10.8. The standard InChI is InChI=1S/C14H15BO4/c1-10-9-11(15(16)17)3-8-14(10)19-13-6-4-12(18-2)5-7-13/h3-9,16-17H,1-2H3. The molecule has 0 fully saturated rings. The molecule has 0 aliphatic heterocycles. The van der Waals surface area contributed by atoms with Gasteiger partial charge in [0.2, 0.25) is 0 Å². The Bertz CT molecular complexity index is 552. The first-order valence-electron chi connectivity index (χ1n) is 5.89. The maximum absolute atomic E-state index is 9.09. The summed E-state index contributed by atoms with van der Waals surface area (Å²) >= 11 is 0. The minimum atomic E-state index is -1.46. The van der Waals surface area contributed by atoms with Gasteiger partial charge >= 0.3 is 7.12 Å². The van der Waals surface area contributed by atoms with E-state index in [9.17, 15) is 0 Å². The predicted octanol–water partition coefficient (Wildman–Crippen LogP) is 1.48. The second-order valence-corrected chi connectivity index (χ2v) is 4.18. The third kappa shape index (κ3) is 3.27. The van der Waals surface area contributed by atoms with Gasteiger partial charge in [0.05, 0.1) is 7.11 Å². The fourth-order valence-electron chi connectivity index (χ4n) is 1.72. The van der Waals surface area contributed by atoms with Gasteiger partial charge in [0.1, 0.15) is 17.2 Å². The van der Waals surface area contributed by atoms with Crippen molar-refractivity contribution in [2.24, 2.45) is 0 Å². The lowest BCUT2D eigenvalue weighted by molar-refractivity contribution is 0.412. The van der Waals surface area contributed by atoms with Crippen molar-refractivity contribution in [3.63, 3.8) is 0 Å². The third-order valence-corrected chi connectivity index (χ3v) is 2.78. The lowest BCUT2D eigenvalue weighted by atomic mass is 9.79. The second kappa shape index (κ2) is 5.78.